The highest BCUT2D eigenvalue weighted by Gasteiger charge is 2.12. The lowest BCUT2D eigenvalue weighted by atomic mass is 10.1. The van der Waals surface area contributed by atoms with Crippen LogP contribution < -0.4 is 10.6 Å². The standard InChI is InChI=1S/C22H37N5O2/c1-6-23-22(24-16-15-20(28)26(7-2)8-3)25-17-18-11-13-19(14-12-18)21(29)27(9-4)10-5/h11-14H,6-10,15-17H2,1-5H3,(H2,23,24,25). The largest absolute Gasteiger partial charge is 0.357 e. The van der Waals surface area contributed by atoms with E-state index in [1.807, 2.05) is 63.8 Å². The van der Waals surface area contributed by atoms with Crippen molar-refractivity contribution >= 4 is 17.8 Å². The normalized spacial score (nSPS) is 11.1. The fraction of sp³-hybridized carbons (Fsp3) is 0.591. The molecule has 0 aliphatic carbocycles. The topological polar surface area (TPSA) is 77.0 Å². The third-order valence-corrected chi connectivity index (χ3v) is 4.76. The van der Waals surface area contributed by atoms with Crippen molar-refractivity contribution in [1.29, 1.82) is 0 Å². The van der Waals surface area contributed by atoms with Gasteiger partial charge < -0.3 is 20.4 Å². The first-order valence-electron chi connectivity index (χ1n) is 10.7. The Labute approximate surface area is 175 Å². The lowest BCUT2D eigenvalue weighted by Gasteiger charge is -2.19. The first-order chi connectivity index (χ1) is 14.0. The number of nitrogens with zero attached hydrogens (tertiary/aromatic N) is 3. The Morgan fingerprint density at radius 3 is 1.97 bits per heavy atom. The van der Waals surface area contributed by atoms with E-state index < -0.39 is 0 Å². The van der Waals surface area contributed by atoms with Gasteiger partial charge in [-0.05, 0) is 52.3 Å². The summed E-state index contributed by atoms with van der Waals surface area (Å²) >= 11 is 0. The van der Waals surface area contributed by atoms with Gasteiger partial charge in [-0.25, -0.2) is 4.99 Å². The molecule has 0 radical (unpaired) electrons. The van der Waals surface area contributed by atoms with Crippen LogP contribution in [-0.4, -0.2) is 66.8 Å². The molecule has 0 atom stereocenters. The third-order valence-electron chi connectivity index (χ3n) is 4.76. The zero-order valence-corrected chi connectivity index (χ0v) is 18.6. The van der Waals surface area contributed by atoms with Crippen molar-refractivity contribution in [2.24, 2.45) is 4.99 Å². The number of rotatable bonds is 11. The molecule has 0 saturated carbocycles. The van der Waals surface area contributed by atoms with E-state index in [4.69, 9.17) is 0 Å². The maximum atomic E-state index is 12.4. The van der Waals surface area contributed by atoms with Crippen molar-refractivity contribution in [3.8, 4) is 0 Å². The molecule has 29 heavy (non-hydrogen) atoms. The van der Waals surface area contributed by atoms with Crippen molar-refractivity contribution in [1.82, 2.24) is 20.4 Å². The minimum absolute atomic E-state index is 0.0536. The summed E-state index contributed by atoms with van der Waals surface area (Å²) in [5, 5.41) is 6.41. The maximum Gasteiger partial charge on any atom is 0.253 e. The Hall–Kier alpha value is -2.57. The van der Waals surface area contributed by atoms with Crippen LogP contribution in [0.5, 0.6) is 0 Å². The molecule has 0 unspecified atom stereocenters. The number of carbonyl (C=O) groups is 2. The van der Waals surface area contributed by atoms with Crippen LogP contribution in [-0.2, 0) is 11.3 Å². The van der Waals surface area contributed by atoms with Crippen LogP contribution in [0.4, 0.5) is 0 Å². The molecule has 1 rings (SSSR count). The smallest absolute Gasteiger partial charge is 0.253 e. The molecule has 0 bridgehead atoms. The molecule has 2 amide bonds. The summed E-state index contributed by atoms with van der Waals surface area (Å²) in [5.74, 6) is 0.882. The van der Waals surface area contributed by atoms with E-state index in [0.717, 1.165) is 25.2 Å². The molecule has 1 aromatic carbocycles. The monoisotopic (exact) mass is 403 g/mol. The highest BCUT2D eigenvalue weighted by Crippen LogP contribution is 2.09. The van der Waals surface area contributed by atoms with Gasteiger partial charge in [0.05, 0.1) is 6.54 Å². The lowest BCUT2D eigenvalue weighted by Crippen LogP contribution is -2.40. The molecule has 2 N–H and O–H groups in total. The number of amides is 2. The number of benzene rings is 1. The minimum atomic E-state index is 0.0536. The second kappa shape index (κ2) is 13.6. The fourth-order valence-electron chi connectivity index (χ4n) is 2.98. The van der Waals surface area contributed by atoms with Crippen LogP contribution in [0.1, 0.15) is 57.0 Å². The Kier molecular flexibility index (Phi) is 11.5. The first-order valence-corrected chi connectivity index (χ1v) is 10.7. The molecule has 0 saturated heterocycles. The van der Waals surface area contributed by atoms with Crippen molar-refractivity contribution in [3.05, 3.63) is 35.4 Å². The Morgan fingerprint density at radius 1 is 0.862 bits per heavy atom. The number of hydrogen-bond acceptors (Lipinski definition) is 3. The molecule has 0 aliphatic rings. The van der Waals surface area contributed by atoms with Gasteiger partial charge in [0.1, 0.15) is 0 Å². The van der Waals surface area contributed by atoms with Gasteiger partial charge in [0, 0.05) is 51.3 Å². The van der Waals surface area contributed by atoms with Crippen molar-refractivity contribution in [3.63, 3.8) is 0 Å². The molecule has 1 aromatic rings. The summed E-state index contributed by atoms with van der Waals surface area (Å²) < 4.78 is 0. The molecule has 0 fully saturated rings. The van der Waals surface area contributed by atoms with Gasteiger partial charge in [0.2, 0.25) is 5.91 Å². The van der Waals surface area contributed by atoms with Crippen LogP contribution in [0.25, 0.3) is 0 Å². The van der Waals surface area contributed by atoms with Gasteiger partial charge in [0.15, 0.2) is 5.96 Å². The summed E-state index contributed by atoms with van der Waals surface area (Å²) in [7, 11) is 0. The zero-order valence-electron chi connectivity index (χ0n) is 18.6. The molecule has 7 heteroatoms. The van der Waals surface area contributed by atoms with E-state index in [1.54, 1.807) is 4.90 Å². The first kappa shape index (κ1) is 24.5. The van der Waals surface area contributed by atoms with Crippen molar-refractivity contribution in [2.75, 3.05) is 39.3 Å². The Balaban J connectivity index is 2.64. The van der Waals surface area contributed by atoms with Crippen molar-refractivity contribution < 1.29 is 9.59 Å². The molecular weight excluding hydrogens is 366 g/mol. The molecule has 162 valence electrons. The van der Waals surface area contributed by atoms with Crippen LogP contribution in [0.2, 0.25) is 0 Å². The second-order valence-corrected chi connectivity index (χ2v) is 6.61. The molecule has 7 nitrogen and oxygen atoms in total. The van der Waals surface area contributed by atoms with E-state index in [9.17, 15) is 9.59 Å². The fourth-order valence-corrected chi connectivity index (χ4v) is 2.98. The summed E-state index contributed by atoms with van der Waals surface area (Å²) in [4.78, 5) is 32.7. The number of guanidine groups is 1. The number of carbonyl (C=O) groups excluding carboxylic acids is 2. The molecule has 0 spiro atoms. The zero-order chi connectivity index (χ0) is 21.6. The maximum absolute atomic E-state index is 12.4. The Morgan fingerprint density at radius 2 is 1.45 bits per heavy atom. The average molecular weight is 404 g/mol. The van der Waals surface area contributed by atoms with Gasteiger partial charge in [-0.2, -0.15) is 0 Å². The Bertz CT molecular complexity index is 650. The van der Waals surface area contributed by atoms with E-state index in [-0.39, 0.29) is 11.8 Å². The van der Waals surface area contributed by atoms with Crippen LogP contribution in [0.3, 0.4) is 0 Å². The highest BCUT2D eigenvalue weighted by molar-refractivity contribution is 5.94. The molecule has 0 aromatic heterocycles. The summed E-state index contributed by atoms with van der Waals surface area (Å²) in [6.45, 7) is 14.6. The summed E-state index contributed by atoms with van der Waals surface area (Å²) in [6.07, 6.45) is 0.439. The van der Waals surface area contributed by atoms with E-state index in [0.29, 0.717) is 44.1 Å². The van der Waals surface area contributed by atoms with E-state index in [1.165, 1.54) is 0 Å². The summed E-state index contributed by atoms with van der Waals surface area (Å²) in [6, 6.07) is 7.59. The number of nitrogens with one attached hydrogen (secondary N) is 2. The highest BCUT2D eigenvalue weighted by atomic mass is 16.2. The van der Waals surface area contributed by atoms with Crippen LogP contribution in [0.15, 0.2) is 29.3 Å². The van der Waals surface area contributed by atoms with Gasteiger partial charge in [-0.3, -0.25) is 9.59 Å². The molecule has 0 aliphatic heterocycles. The van der Waals surface area contributed by atoms with Crippen LogP contribution >= 0.6 is 0 Å². The molecule has 0 heterocycles. The van der Waals surface area contributed by atoms with Gasteiger partial charge in [-0.1, -0.05) is 12.1 Å². The number of hydrogen-bond donors (Lipinski definition) is 2. The van der Waals surface area contributed by atoms with Crippen molar-refractivity contribution in [2.45, 2.75) is 47.6 Å². The van der Waals surface area contributed by atoms with E-state index >= 15 is 0 Å². The SMILES string of the molecule is CCNC(=NCc1ccc(C(=O)N(CC)CC)cc1)NCCC(=O)N(CC)CC. The predicted molar refractivity (Wildman–Crippen MR) is 119 cm³/mol. The average Bonchev–Trinajstić information content (AvgIpc) is 2.74. The predicted octanol–water partition coefficient (Wildman–Crippen LogP) is 2.48. The van der Waals surface area contributed by atoms with Gasteiger partial charge >= 0.3 is 0 Å². The molecular formula is C22H37N5O2. The third kappa shape index (κ3) is 8.13. The van der Waals surface area contributed by atoms with Gasteiger partial charge in [0.25, 0.3) is 5.91 Å². The second-order valence-electron chi connectivity index (χ2n) is 6.61. The number of aliphatic imine (C=N–C) groups is 1. The summed E-state index contributed by atoms with van der Waals surface area (Å²) in [5.41, 5.74) is 1.72. The van der Waals surface area contributed by atoms with E-state index in [2.05, 4.69) is 15.6 Å². The quantitative estimate of drug-likeness (QED) is 0.440. The van der Waals surface area contributed by atoms with Gasteiger partial charge in [-0.15, -0.1) is 0 Å². The van der Waals surface area contributed by atoms with Crippen LogP contribution in [0, 0.1) is 0 Å². The lowest BCUT2D eigenvalue weighted by molar-refractivity contribution is -0.130. The minimum Gasteiger partial charge on any atom is -0.357 e.